The molecule has 0 saturated carbocycles. The Bertz CT molecular complexity index is 690. The predicted octanol–water partition coefficient (Wildman–Crippen LogP) is 2.34. The van der Waals surface area contributed by atoms with Crippen LogP contribution in [-0.4, -0.2) is 35.6 Å². The normalized spacial score (nSPS) is 15.4. The van der Waals surface area contributed by atoms with Crippen LogP contribution in [0.1, 0.15) is 24.9 Å². The topological polar surface area (TPSA) is 86.7 Å². The number of aromatic amines is 1. The minimum atomic E-state index is 0.106. The van der Waals surface area contributed by atoms with Crippen LogP contribution < -0.4 is 15.4 Å². The highest BCUT2D eigenvalue weighted by molar-refractivity contribution is 6.04. The van der Waals surface area contributed by atoms with Crippen LogP contribution in [0.2, 0.25) is 0 Å². The maximum absolute atomic E-state index is 5.18. The van der Waals surface area contributed by atoms with Gasteiger partial charge in [0.05, 0.1) is 19.3 Å². The van der Waals surface area contributed by atoms with E-state index in [2.05, 4.69) is 37.7 Å². The molecule has 0 amide bonds. The van der Waals surface area contributed by atoms with E-state index in [4.69, 9.17) is 4.74 Å². The summed E-state index contributed by atoms with van der Waals surface area (Å²) >= 11 is 0. The maximum atomic E-state index is 5.18. The first-order valence-corrected chi connectivity index (χ1v) is 7.53. The van der Waals surface area contributed by atoms with Crippen molar-refractivity contribution in [2.45, 2.75) is 19.4 Å². The lowest BCUT2D eigenvalue weighted by atomic mass is 10.1. The van der Waals surface area contributed by atoms with Gasteiger partial charge in [-0.05, 0) is 24.6 Å². The fourth-order valence-electron chi connectivity index (χ4n) is 2.31. The van der Waals surface area contributed by atoms with Crippen LogP contribution in [0, 0.1) is 0 Å². The summed E-state index contributed by atoms with van der Waals surface area (Å²) in [6.45, 7) is 2.79. The van der Waals surface area contributed by atoms with Gasteiger partial charge in [-0.2, -0.15) is 5.10 Å². The number of ether oxygens (including phenoxy) is 1. The monoisotopic (exact) mass is 312 g/mol. The Morgan fingerprint density at radius 1 is 1.22 bits per heavy atom. The number of benzene rings is 1. The summed E-state index contributed by atoms with van der Waals surface area (Å²) in [4.78, 5) is 8.96. The van der Waals surface area contributed by atoms with E-state index in [1.165, 1.54) is 0 Å². The van der Waals surface area contributed by atoms with Gasteiger partial charge in [-0.25, -0.2) is 4.99 Å². The van der Waals surface area contributed by atoms with E-state index in [9.17, 15) is 0 Å². The zero-order valence-corrected chi connectivity index (χ0v) is 13.2. The van der Waals surface area contributed by atoms with Crippen molar-refractivity contribution >= 4 is 17.6 Å². The molecule has 0 fully saturated rings. The van der Waals surface area contributed by atoms with Gasteiger partial charge in [0.2, 0.25) is 5.96 Å². The molecule has 0 bridgehead atoms. The molecule has 1 aliphatic rings. The Hall–Kier alpha value is -2.83. The molecule has 1 aromatic heterocycles. The van der Waals surface area contributed by atoms with Gasteiger partial charge in [0.1, 0.15) is 17.4 Å². The lowest BCUT2D eigenvalue weighted by Gasteiger charge is -2.19. The quantitative estimate of drug-likeness (QED) is 0.809. The first-order valence-electron chi connectivity index (χ1n) is 7.53. The number of nitrogens with zero attached hydrogens (tertiary/aromatic N) is 3. The Morgan fingerprint density at radius 3 is 2.74 bits per heavy atom. The second-order valence-corrected chi connectivity index (χ2v) is 5.25. The number of hydrogen-bond donors (Lipinski definition) is 3. The van der Waals surface area contributed by atoms with Gasteiger partial charge < -0.3 is 15.4 Å². The number of amidine groups is 1. The molecule has 0 spiro atoms. The Balaban J connectivity index is 1.64. The molecule has 23 heavy (non-hydrogen) atoms. The molecule has 7 nitrogen and oxygen atoms in total. The first-order chi connectivity index (χ1) is 11.2. The molecule has 1 aromatic carbocycles. The molecular weight excluding hydrogens is 292 g/mol. The standard InChI is InChI=1S/C16H20N6O/c1-11(12-3-5-13(23-2)6-4-12)19-16-17-9-7-14(21-16)20-15-8-10-18-22-15/h3-6,8,10-11H,7,9H2,1-2H3,(H3,17,18,19,20,21,22)/t11-/m0/s1. The molecule has 0 radical (unpaired) electrons. The van der Waals surface area contributed by atoms with Gasteiger partial charge in [0, 0.05) is 19.0 Å². The third-order valence-corrected chi connectivity index (χ3v) is 3.59. The Morgan fingerprint density at radius 2 is 2.04 bits per heavy atom. The van der Waals surface area contributed by atoms with Crippen molar-refractivity contribution in [2.24, 2.45) is 9.98 Å². The summed E-state index contributed by atoms with van der Waals surface area (Å²) < 4.78 is 5.18. The van der Waals surface area contributed by atoms with Crippen LogP contribution in [0.4, 0.5) is 5.82 Å². The third-order valence-electron chi connectivity index (χ3n) is 3.59. The van der Waals surface area contributed by atoms with Gasteiger partial charge >= 0.3 is 0 Å². The molecule has 3 rings (SSSR count). The van der Waals surface area contributed by atoms with Gasteiger partial charge in [0.15, 0.2) is 0 Å². The van der Waals surface area contributed by atoms with Gasteiger partial charge in [-0.1, -0.05) is 12.1 Å². The Labute approximate surface area is 134 Å². The van der Waals surface area contributed by atoms with Crippen molar-refractivity contribution in [2.75, 3.05) is 19.0 Å². The summed E-state index contributed by atoms with van der Waals surface area (Å²) in [6.07, 6.45) is 2.48. The van der Waals surface area contributed by atoms with Gasteiger partial charge in [-0.3, -0.25) is 10.1 Å². The third kappa shape index (κ3) is 3.88. The van der Waals surface area contributed by atoms with E-state index in [0.29, 0.717) is 12.5 Å². The van der Waals surface area contributed by atoms with Crippen LogP contribution in [0.25, 0.3) is 0 Å². The van der Waals surface area contributed by atoms with Crippen molar-refractivity contribution in [3.05, 3.63) is 42.1 Å². The van der Waals surface area contributed by atoms with Crippen molar-refractivity contribution in [1.82, 2.24) is 15.5 Å². The largest absolute Gasteiger partial charge is 0.497 e. The predicted molar refractivity (Wildman–Crippen MR) is 91.1 cm³/mol. The van der Waals surface area contributed by atoms with Crippen LogP contribution in [-0.2, 0) is 0 Å². The van der Waals surface area contributed by atoms with Gasteiger partial charge in [0.25, 0.3) is 0 Å². The number of aliphatic imine (C=N–C) groups is 2. The van der Waals surface area contributed by atoms with E-state index < -0.39 is 0 Å². The number of H-pyrrole nitrogens is 1. The second kappa shape index (κ2) is 6.95. The van der Waals surface area contributed by atoms with Crippen molar-refractivity contribution in [3.8, 4) is 5.75 Å². The number of guanidine groups is 1. The number of hydrogen-bond acceptors (Lipinski definition) is 6. The smallest absolute Gasteiger partial charge is 0.220 e. The average molecular weight is 312 g/mol. The van der Waals surface area contributed by atoms with E-state index in [1.54, 1.807) is 13.3 Å². The molecule has 0 unspecified atom stereocenters. The number of rotatable bonds is 4. The highest BCUT2D eigenvalue weighted by Crippen LogP contribution is 2.17. The summed E-state index contributed by atoms with van der Waals surface area (Å²) in [6, 6.07) is 9.94. The molecule has 3 N–H and O–H groups in total. The first kappa shape index (κ1) is 15.1. The molecule has 120 valence electrons. The molecule has 2 heterocycles. The second-order valence-electron chi connectivity index (χ2n) is 5.25. The minimum absolute atomic E-state index is 0.106. The van der Waals surface area contributed by atoms with E-state index >= 15 is 0 Å². The fraction of sp³-hybridized carbons (Fsp3) is 0.312. The summed E-state index contributed by atoms with van der Waals surface area (Å²) in [7, 11) is 1.66. The fourth-order valence-corrected chi connectivity index (χ4v) is 2.31. The molecule has 7 heteroatoms. The van der Waals surface area contributed by atoms with E-state index in [-0.39, 0.29) is 6.04 Å². The lowest BCUT2D eigenvalue weighted by Crippen LogP contribution is -2.30. The van der Waals surface area contributed by atoms with E-state index in [1.807, 2.05) is 30.3 Å². The van der Waals surface area contributed by atoms with Crippen molar-refractivity contribution < 1.29 is 4.74 Å². The Kier molecular flexibility index (Phi) is 4.56. The number of aromatic nitrogens is 2. The SMILES string of the molecule is COc1ccc([C@H](C)NC2=NCCC(Nc3ccn[nH]3)=N2)cc1. The van der Waals surface area contributed by atoms with Gasteiger partial charge in [-0.15, -0.1) is 0 Å². The molecular formula is C16H20N6O. The molecule has 1 aliphatic heterocycles. The average Bonchev–Trinajstić information content (AvgIpc) is 3.08. The van der Waals surface area contributed by atoms with Crippen LogP contribution in [0.3, 0.4) is 0 Å². The zero-order chi connectivity index (χ0) is 16.1. The van der Waals surface area contributed by atoms with Crippen LogP contribution in [0.15, 0.2) is 46.5 Å². The molecule has 0 aliphatic carbocycles. The van der Waals surface area contributed by atoms with Crippen LogP contribution in [0.5, 0.6) is 5.75 Å². The number of anilines is 1. The summed E-state index contributed by atoms with van der Waals surface area (Å²) in [5, 5.41) is 13.3. The molecule has 2 aromatic rings. The van der Waals surface area contributed by atoms with Crippen molar-refractivity contribution in [1.29, 1.82) is 0 Å². The number of methoxy groups -OCH3 is 1. The van der Waals surface area contributed by atoms with Crippen LogP contribution >= 0.6 is 0 Å². The van der Waals surface area contributed by atoms with Crippen molar-refractivity contribution in [3.63, 3.8) is 0 Å². The van der Waals surface area contributed by atoms with E-state index in [0.717, 1.165) is 29.4 Å². The highest BCUT2D eigenvalue weighted by atomic mass is 16.5. The minimum Gasteiger partial charge on any atom is -0.497 e. The summed E-state index contributed by atoms with van der Waals surface area (Å²) in [5.41, 5.74) is 1.15. The maximum Gasteiger partial charge on any atom is 0.220 e. The number of nitrogens with one attached hydrogen (secondary N) is 3. The molecule has 1 atom stereocenters. The lowest BCUT2D eigenvalue weighted by molar-refractivity contribution is 0.414. The molecule has 0 saturated heterocycles. The summed E-state index contributed by atoms with van der Waals surface area (Å²) in [5.74, 6) is 3.18. The zero-order valence-electron chi connectivity index (χ0n) is 13.2. The highest BCUT2D eigenvalue weighted by Gasteiger charge is 2.12.